The van der Waals surface area contributed by atoms with Crippen molar-refractivity contribution in [3.8, 4) is 0 Å². The van der Waals surface area contributed by atoms with Crippen LogP contribution in [-0.4, -0.2) is 10.2 Å². The Morgan fingerprint density at radius 3 is 2.92 bits per heavy atom. The first-order valence-electron chi connectivity index (χ1n) is 4.28. The Bertz CT molecular complexity index is 375. The van der Waals surface area contributed by atoms with Crippen LogP contribution in [0.25, 0.3) is 11.1 Å². The van der Waals surface area contributed by atoms with Crippen molar-refractivity contribution in [2.75, 3.05) is 0 Å². The summed E-state index contributed by atoms with van der Waals surface area (Å²) in [5, 5.41) is 0.285. The van der Waals surface area contributed by atoms with Gasteiger partial charge in [0.15, 0.2) is 11.5 Å². The first-order chi connectivity index (χ1) is 6.25. The first kappa shape index (κ1) is 8.63. The lowest BCUT2D eigenvalue weighted by molar-refractivity contribution is 0.528. The van der Waals surface area contributed by atoms with Gasteiger partial charge in [0.05, 0.1) is 0 Å². The van der Waals surface area contributed by atoms with Crippen LogP contribution in [0.15, 0.2) is 28.7 Å². The Morgan fingerprint density at radius 1 is 1.46 bits per heavy atom. The van der Waals surface area contributed by atoms with E-state index in [0.717, 1.165) is 23.4 Å². The van der Waals surface area contributed by atoms with Crippen molar-refractivity contribution in [1.29, 1.82) is 0 Å². The van der Waals surface area contributed by atoms with Crippen LogP contribution in [0.4, 0.5) is 0 Å². The van der Waals surface area contributed by atoms with Gasteiger partial charge in [0.25, 0.3) is 0 Å². The predicted molar refractivity (Wildman–Crippen MR) is 56.2 cm³/mol. The van der Waals surface area contributed by atoms with E-state index in [1.165, 1.54) is 0 Å². The number of fused-ring (bicyclic) bond motifs is 1. The summed E-state index contributed by atoms with van der Waals surface area (Å²) in [6.45, 7) is 2.03. The van der Waals surface area contributed by atoms with Crippen LogP contribution < -0.4 is 0 Å². The van der Waals surface area contributed by atoms with Crippen molar-refractivity contribution in [3.05, 3.63) is 30.2 Å². The molecule has 0 saturated carbocycles. The van der Waals surface area contributed by atoms with E-state index in [4.69, 9.17) is 4.42 Å². The summed E-state index contributed by atoms with van der Waals surface area (Å²) in [6.07, 6.45) is 0.776. The third-order valence-electron chi connectivity index (χ3n) is 1.81. The molecule has 0 fully saturated rings. The number of thiol groups is 1. The molecule has 13 heavy (non-hydrogen) atoms. The summed E-state index contributed by atoms with van der Waals surface area (Å²) >= 11 is 4.29. The van der Waals surface area contributed by atoms with E-state index in [2.05, 4.69) is 17.6 Å². The van der Waals surface area contributed by atoms with Crippen molar-refractivity contribution in [2.24, 2.45) is 0 Å². The first-order valence-corrected chi connectivity index (χ1v) is 4.80. The Morgan fingerprint density at radius 2 is 2.23 bits per heavy atom. The van der Waals surface area contributed by atoms with E-state index in [9.17, 15) is 0 Å². The van der Waals surface area contributed by atoms with Gasteiger partial charge in [0.1, 0.15) is 5.52 Å². The molecule has 1 heterocycles. The van der Waals surface area contributed by atoms with Gasteiger partial charge in [-0.25, -0.2) is 4.98 Å². The Hall–Kier alpha value is -0.960. The van der Waals surface area contributed by atoms with Gasteiger partial charge in [0, 0.05) is 11.7 Å². The third-order valence-corrected chi connectivity index (χ3v) is 1.99. The van der Waals surface area contributed by atoms with Gasteiger partial charge >= 0.3 is 0 Å². The molecule has 68 valence electrons. The monoisotopic (exact) mass is 193 g/mol. The lowest BCUT2D eigenvalue weighted by Gasteiger charge is -1.96. The molecule has 0 N–H and O–H groups in total. The number of nitrogens with zero attached hydrogens (tertiary/aromatic N) is 1. The molecule has 1 atom stereocenters. The summed E-state index contributed by atoms with van der Waals surface area (Å²) in [4.78, 5) is 4.34. The van der Waals surface area contributed by atoms with E-state index in [1.807, 2.05) is 31.2 Å². The van der Waals surface area contributed by atoms with Crippen LogP contribution in [0.5, 0.6) is 0 Å². The highest BCUT2D eigenvalue weighted by Crippen LogP contribution is 2.16. The Kier molecular flexibility index (Phi) is 2.27. The lowest BCUT2D eigenvalue weighted by Crippen LogP contribution is -1.96. The number of aromatic nitrogens is 1. The van der Waals surface area contributed by atoms with E-state index < -0.39 is 0 Å². The summed E-state index contributed by atoms with van der Waals surface area (Å²) in [6, 6.07) is 7.78. The fraction of sp³-hybridized carbons (Fsp3) is 0.300. The largest absolute Gasteiger partial charge is 0.441 e. The zero-order valence-electron chi connectivity index (χ0n) is 7.40. The average molecular weight is 193 g/mol. The number of hydrogen-bond donors (Lipinski definition) is 1. The lowest BCUT2D eigenvalue weighted by atomic mass is 10.3. The van der Waals surface area contributed by atoms with E-state index in [1.54, 1.807) is 0 Å². The summed E-state index contributed by atoms with van der Waals surface area (Å²) in [7, 11) is 0. The summed E-state index contributed by atoms with van der Waals surface area (Å²) in [5.41, 5.74) is 1.78. The molecule has 2 aromatic rings. The molecule has 0 aliphatic rings. The predicted octanol–water partition coefficient (Wildman–Crippen LogP) is 2.69. The maximum absolute atomic E-state index is 5.52. The normalized spacial score (nSPS) is 13.4. The van der Waals surface area contributed by atoms with Gasteiger partial charge in [-0.1, -0.05) is 19.1 Å². The summed E-state index contributed by atoms with van der Waals surface area (Å²) < 4.78 is 5.52. The smallest absolute Gasteiger partial charge is 0.196 e. The molecule has 3 heteroatoms. The minimum absolute atomic E-state index is 0.285. The van der Waals surface area contributed by atoms with Crippen molar-refractivity contribution in [1.82, 2.24) is 4.98 Å². The molecular weight excluding hydrogens is 182 g/mol. The topological polar surface area (TPSA) is 26.0 Å². The minimum atomic E-state index is 0.285. The molecule has 2 rings (SSSR count). The SMILES string of the molecule is CC(S)Cc1nc2ccccc2o1. The highest BCUT2D eigenvalue weighted by Gasteiger charge is 2.06. The molecule has 1 unspecified atom stereocenters. The Balaban J connectivity index is 2.38. The second-order valence-corrected chi connectivity index (χ2v) is 4.01. The zero-order valence-corrected chi connectivity index (χ0v) is 8.29. The fourth-order valence-electron chi connectivity index (χ4n) is 1.26. The average Bonchev–Trinajstić information content (AvgIpc) is 2.44. The molecule has 0 bridgehead atoms. The van der Waals surface area contributed by atoms with Crippen LogP contribution in [0.2, 0.25) is 0 Å². The highest BCUT2D eigenvalue weighted by molar-refractivity contribution is 7.80. The Labute approximate surface area is 82.4 Å². The van der Waals surface area contributed by atoms with Gasteiger partial charge in [-0.3, -0.25) is 0 Å². The van der Waals surface area contributed by atoms with Crippen LogP contribution in [0.1, 0.15) is 12.8 Å². The molecule has 1 aromatic carbocycles. The molecule has 0 saturated heterocycles. The van der Waals surface area contributed by atoms with Crippen LogP contribution in [0, 0.1) is 0 Å². The molecule has 0 aliphatic heterocycles. The molecule has 0 aliphatic carbocycles. The van der Waals surface area contributed by atoms with E-state index in [-0.39, 0.29) is 5.25 Å². The van der Waals surface area contributed by atoms with Crippen LogP contribution >= 0.6 is 12.6 Å². The van der Waals surface area contributed by atoms with Crippen molar-refractivity contribution in [3.63, 3.8) is 0 Å². The van der Waals surface area contributed by atoms with Gasteiger partial charge in [-0.15, -0.1) is 0 Å². The number of para-hydroxylation sites is 2. The molecule has 0 amide bonds. The van der Waals surface area contributed by atoms with Gasteiger partial charge in [-0.05, 0) is 12.1 Å². The maximum Gasteiger partial charge on any atom is 0.196 e. The fourth-order valence-corrected chi connectivity index (χ4v) is 1.42. The second-order valence-electron chi connectivity index (χ2n) is 3.13. The second kappa shape index (κ2) is 3.42. The van der Waals surface area contributed by atoms with Crippen molar-refractivity contribution < 1.29 is 4.42 Å². The standard InChI is InChI=1S/C10H11NOS/c1-7(13)6-10-11-8-4-2-3-5-9(8)12-10/h2-5,7,13H,6H2,1H3. The highest BCUT2D eigenvalue weighted by atomic mass is 32.1. The van der Waals surface area contributed by atoms with E-state index >= 15 is 0 Å². The van der Waals surface area contributed by atoms with Crippen LogP contribution in [0.3, 0.4) is 0 Å². The molecule has 1 aromatic heterocycles. The van der Waals surface area contributed by atoms with Crippen molar-refractivity contribution >= 4 is 23.7 Å². The molecule has 2 nitrogen and oxygen atoms in total. The van der Waals surface area contributed by atoms with Gasteiger partial charge < -0.3 is 4.42 Å². The maximum atomic E-state index is 5.52. The number of hydrogen-bond acceptors (Lipinski definition) is 3. The van der Waals surface area contributed by atoms with Crippen LogP contribution in [-0.2, 0) is 6.42 Å². The van der Waals surface area contributed by atoms with Gasteiger partial charge in [-0.2, -0.15) is 12.6 Å². The number of benzene rings is 1. The number of rotatable bonds is 2. The third kappa shape index (κ3) is 1.86. The summed E-state index contributed by atoms with van der Waals surface area (Å²) in [5.74, 6) is 0.767. The van der Waals surface area contributed by atoms with E-state index in [0.29, 0.717) is 0 Å². The minimum Gasteiger partial charge on any atom is -0.441 e. The quantitative estimate of drug-likeness (QED) is 0.742. The molecular formula is C10H11NOS. The molecule has 0 radical (unpaired) electrons. The number of oxazole rings is 1. The zero-order chi connectivity index (χ0) is 9.26. The van der Waals surface area contributed by atoms with Crippen molar-refractivity contribution in [2.45, 2.75) is 18.6 Å². The van der Waals surface area contributed by atoms with Gasteiger partial charge in [0.2, 0.25) is 0 Å². The molecule has 0 spiro atoms.